The van der Waals surface area contributed by atoms with E-state index in [0.29, 0.717) is 17.7 Å². The number of aromatic nitrogens is 4. The number of nitrogens with two attached hydrogens (primary N) is 1. The summed E-state index contributed by atoms with van der Waals surface area (Å²) < 4.78 is 0. The molecule has 1 aromatic carbocycles. The highest BCUT2D eigenvalue weighted by Gasteiger charge is 2.33. The molecule has 7 nitrogen and oxygen atoms in total. The van der Waals surface area contributed by atoms with Crippen LogP contribution in [0.25, 0.3) is 0 Å². The summed E-state index contributed by atoms with van der Waals surface area (Å²) in [6.45, 7) is 1.72. The molecule has 138 valence electrons. The Labute approximate surface area is 153 Å². The summed E-state index contributed by atoms with van der Waals surface area (Å²) in [5, 5.41) is 14.2. The quantitative estimate of drug-likeness (QED) is 0.825. The number of piperidine rings is 1. The molecule has 3 N–H and O–H groups in total. The van der Waals surface area contributed by atoms with Crippen LogP contribution in [0.4, 0.5) is 5.69 Å². The monoisotopic (exact) mass is 354 g/mol. The number of benzene rings is 1. The minimum Gasteiger partial charge on any atom is -0.399 e. The van der Waals surface area contributed by atoms with Crippen molar-refractivity contribution >= 4 is 11.6 Å². The molecule has 1 aromatic heterocycles. The second kappa shape index (κ2) is 7.43. The van der Waals surface area contributed by atoms with Crippen molar-refractivity contribution in [2.45, 2.75) is 50.4 Å². The van der Waals surface area contributed by atoms with Gasteiger partial charge in [0.05, 0.1) is 0 Å². The highest BCUT2D eigenvalue weighted by atomic mass is 16.2. The second-order valence-corrected chi connectivity index (χ2v) is 7.60. The normalized spacial score (nSPS) is 24.5. The molecule has 1 aliphatic carbocycles. The van der Waals surface area contributed by atoms with Crippen LogP contribution in [-0.4, -0.2) is 44.5 Å². The lowest BCUT2D eigenvalue weighted by Crippen LogP contribution is -2.42. The van der Waals surface area contributed by atoms with Gasteiger partial charge in [-0.2, -0.15) is 0 Å². The number of carbonyl (C=O) groups is 1. The van der Waals surface area contributed by atoms with E-state index in [1.54, 1.807) is 0 Å². The molecule has 0 bridgehead atoms. The fourth-order valence-corrected chi connectivity index (χ4v) is 4.41. The van der Waals surface area contributed by atoms with Crippen LogP contribution in [-0.2, 0) is 4.79 Å². The van der Waals surface area contributed by atoms with Crippen molar-refractivity contribution < 1.29 is 4.79 Å². The molecule has 0 radical (unpaired) electrons. The van der Waals surface area contributed by atoms with Crippen molar-refractivity contribution in [3.8, 4) is 0 Å². The lowest BCUT2D eigenvalue weighted by Gasteiger charge is -2.36. The van der Waals surface area contributed by atoms with Gasteiger partial charge in [0.15, 0.2) is 5.82 Å². The molecule has 1 amide bonds. The number of nitrogen functional groups attached to an aromatic ring is 1. The van der Waals surface area contributed by atoms with E-state index < -0.39 is 0 Å². The number of H-pyrrole nitrogens is 1. The minimum absolute atomic E-state index is 0.162. The predicted molar refractivity (Wildman–Crippen MR) is 98.3 cm³/mol. The first-order chi connectivity index (χ1) is 12.7. The average Bonchev–Trinajstić information content (AvgIpc) is 3.23. The lowest BCUT2D eigenvalue weighted by atomic mass is 9.80. The maximum atomic E-state index is 12.9. The second-order valence-electron chi connectivity index (χ2n) is 7.60. The third kappa shape index (κ3) is 3.57. The zero-order valence-electron chi connectivity index (χ0n) is 15.0. The molecule has 2 aliphatic rings. The molecule has 26 heavy (non-hydrogen) atoms. The first-order valence-electron chi connectivity index (χ1n) is 9.58. The average molecular weight is 354 g/mol. The van der Waals surface area contributed by atoms with E-state index in [4.69, 9.17) is 5.73 Å². The Balaban J connectivity index is 1.28. The van der Waals surface area contributed by atoms with Gasteiger partial charge < -0.3 is 10.6 Å². The van der Waals surface area contributed by atoms with Crippen molar-refractivity contribution in [1.82, 2.24) is 25.5 Å². The minimum atomic E-state index is 0.162. The highest BCUT2D eigenvalue weighted by Crippen LogP contribution is 2.36. The third-order valence-corrected chi connectivity index (χ3v) is 6.04. The van der Waals surface area contributed by atoms with Crippen molar-refractivity contribution in [3.05, 3.63) is 35.7 Å². The number of rotatable bonds is 3. The summed E-state index contributed by atoms with van der Waals surface area (Å²) in [5.74, 6) is 2.27. The molecule has 4 rings (SSSR count). The highest BCUT2D eigenvalue weighted by molar-refractivity contribution is 5.79. The zero-order chi connectivity index (χ0) is 17.9. The van der Waals surface area contributed by atoms with Crippen molar-refractivity contribution in [1.29, 1.82) is 0 Å². The number of nitrogens with zero attached hydrogens (tertiary/aromatic N) is 4. The molecule has 2 aromatic rings. The molecular formula is C19H26N6O. The Morgan fingerprint density at radius 1 is 1.00 bits per heavy atom. The van der Waals surface area contributed by atoms with Crippen LogP contribution in [0.5, 0.6) is 0 Å². The van der Waals surface area contributed by atoms with E-state index in [9.17, 15) is 4.79 Å². The summed E-state index contributed by atoms with van der Waals surface area (Å²) in [7, 11) is 0. The number of hydrogen-bond donors (Lipinski definition) is 2. The van der Waals surface area contributed by atoms with Gasteiger partial charge in [-0.25, -0.2) is 5.10 Å². The SMILES string of the molecule is Nc1ccc(C2CCN(C(=O)C3CCC(c4nnn[nH]4)CC3)CC2)cc1. The first kappa shape index (κ1) is 17.0. The number of nitrogens with one attached hydrogen (secondary N) is 1. The number of carbonyl (C=O) groups excluding carboxylic acids is 1. The molecular weight excluding hydrogens is 328 g/mol. The Bertz CT molecular complexity index is 713. The van der Waals surface area contributed by atoms with Crippen LogP contribution < -0.4 is 5.73 Å². The molecule has 0 spiro atoms. The van der Waals surface area contributed by atoms with Crippen LogP contribution >= 0.6 is 0 Å². The molecule has 0 atom stereocenters. The topological polar surface area (TPSA) is 101 Å². The van der Waals surface area contributed by atoms with Crippen LogP contribution in [0.2, 0.25) is 0 Å². The molecule has 1 saturated heterocycles. The van der Waals surface area contributed by atoms with Crippen molar-refractivity contribution in [2.24, 2.45) is 5.92 Å². The van der Waals surface area contributed by atoms with E-state index in [1.165, 1.54) is 5.56 Å². The fraction of sp³-hybridized carbons (Fsp3) is 0.579. The van der Waals surface area contributed by atoms with Gasteiger partial charge >= 0.3 is 0 Å². The Morgan fingerprint density at radius 2 is 1.69 bits per heavy atom. The van der Waals surface area contributed by atoms with E-state index in [0.717, 1.165) is 63.1 Å². The van der Waals surface area contributed by atoms with Crippen molar-refractivity contribution in [3.63, 3.8) is 0 Å². The van der Waals surface area contributed by atoms with E-state index in [1.807, 2.05) is 12.1 Å². The molecule has 2 fully saturated rings. The summed E-state index contributed by atoms with van der Waals surface area (Å²) in [4.78, 5) is 15.0. The van der Waals surface area contributed by atoms with E-state index in [2.05, 4.69) is 37.7 Å². The predicted octanol–water partition coefficient (Wildman–Crippen LogP) is 2.46. The van der Waals surface area contributed by atoms with Gasteiger partial charge in [0.25, 0.3) is 0 Å². The number of amides is 1. The first-order valence-corrected chi connectivity index (χ1v) is 9.58. The maximum absolute atomic E-state index is 12.9. The van der Waals surface area contributed by atoms with Gasteiger partial charge in [0.1, 0.15) is 0 Å². The van der Waals surface area contributed by atoms with Crippen LogP contribution in [0.15, 0.2) is 24.3 Å². The van der Waals surface area contributed by atoms with Gasteiger partial charge in [-0.05, 0) is 72.6 Å². The van der Waals surface area contributed by atoms with Gasteiger partial charge in [-0.15, -0.1) is 5.10 Å². The number of likely N-dealkylation sites (tertiary alicyclic amines) is 1. The Morgan fingerprint density at radius 3 is 2.31 bits per heavy atom. The van der Waals surface area contributed by atoms with Gasteiger partial charge in [-0.1, -0.05) is 12.1 Å². The molecule has 2 heterocycles. The van der Waals surface area contributed by atoms with Gasteiger partial charge in [0.2, 0.25) is 5.91 Å². The van der Waals surface area contributed by atoms with Crippen molar-refractivity contribution in [2.75, 3.05) is 18.8 Å². The maximum Gasteiger partial charge on any atom is 0.225 e. The van der Waals surface area contributed by atoms with Gasteiger partial charge in [-0.3, -0.25) is 4.79 Å². The fourth-order valence-electron chi connectivity index (χ4n) is 4.41. The summed E-state index contributed by atoms with van der Waals surface area (Å²) in [6.07, 6.45) is 5.90. The lowest BCUT2D eigenvalue weighted by molar-refractivity contribution is -0.137. The summed E-state index contributed by atoms with van der Waals surface area (Å²) in [6, 6.07) is 8.18. The number of tetrazole rings is 1. The standard InChI is InChI=1S/C19H26N6O/c20-17-7-5-13(6-8-17)14-9-11-25(12-10-14)19(26)16-3-1-15(2-4-16)18-21-23-24-22-18/h5-8,14-16H,1-4,9-12,20H2,(H,21,22,23,24). The summed E-state index contributed by atoms with van der Waals surface area (Å²) >= 11 is 0. The third-order valence-electron chi connectivity index (χ3n) is 6.04. The zero-order valence-corrected chi connectivity index (χ0v) is 15.0. The van der Waals surface area contributed by atoms with Crippen LogP contribution in [0, 0.1) is 5.92 Å². The number of aromatic amines is 1. The Hall–Kier alpha value is -2.44. The van der Waals surface area contributed by atoms with Crippen LogP contribution in [0.3, 0.4) is 0 Å². The number of anilines is 1. The molecule has 7 heteroatoms. The summed E-state index contributed by atoms with van der Waals surface area (Å²) in [5.41, 5.74) is 7.92. The van der Waals surface area contributed by atoms with Crippen LogP contribution in [0.1, 0.15) is 61.7 Å². The largest absolute Gasteiger partial charge is 0.399 e. The smallest absolute Gasteiger partial charge is 0.225 e. The molecule has 0 unspecified atom stereocenters. The molecule has 1 aliphatic heterocycles. The number of hydrogen-bond acceptors (Lipinski definition) is 5. The van der Waals surface area contributed by atoms with E-state index in [-0.39, 0.29) is 5.92 Å². The van der Waals surface area contributed by atoms with E-state index >= 15 is 0 Å². The van der Waals surface area contributed by atoms with Gasteiger partial charge in [0, 0.05) is 30.6 Å². The molecule has 1 saturated carbocycles. The Kier molecular flexibility index (Phi) is 4.86.